The zero-order valence-corrected chi connectivity index (χ0v) is 12.4. The second-order valence-corrected chi connectivity index (χ2v) is 5.71. The molecule has 1 aromatic rings. The first kappa shape index (κ1) is 14.3. The number of aliphatic hydroxyl groups is 1. The molecule has 2 rings (SSSR count). The molecule has 5 heteroatoms. The summed E-state index contributed by atoms with van der Waals surface area (Å²) in [6.07, 6.45) is 2.95. The third-order valence-corrected chi connectivity index (χ3v) is 4.11. The molecule has 4 nitrogen and oxygen atoms in total. The number of carbonyl (C=O) groups is 1. The monoisotopic (exact) mass is 327 g/mol. The van der Waals surface area contributed by atoms with Gasteiger partial charge in [-0.2, -0.15) is 0 Å². The van der Waals surface area contributed by atoms with Crippen LogP contribution in [0.25, 0.3) is 0 Å². The Morgan fingerprint density at radius 2 is 2.32 bits per heavy atom. The minimum Gasteiger partial charge on any atom is -0.496 e. The van der Waals surface area contributed by atoms with Gasteiger partial charge in [-0.25, -0.2) is 0 Å². The maximum atomic E-state index is 12.3. The minimum absolute atomic E-state index is 0.0610. The summed E-state index contributed by atoms with van der Waals surface area (Å²) in [7, 11) is 1.55. The quantitative estimate of drug-likeness (QED) is 0.892. The Balaban J connectivity index is 2.11. The van der Waals surface area contributed by atoms with Crippen LogP contribution in [0.3, 0.4) is 0 Å². The lowest BCUT2D eigenvalue weighted by Crippen LogP contribution is -2.38. The Bertz CT molecular complexity index is 464. The number of rotatable bonds is 4. The SMILES string of the molecule is COc1cc(Br)ccc1C(=O)NC1CCCC1CO. The zero-order chi connectivity index (χ0) is 13.8. The van der Waals surface area contributed by atoms with Gasteiger partial charge in [0.05, 0.1) is 12.7 Å². The van der Waals surface area contributed by atoms with Crippen LogP contribution in [0.2, 0.25) is 0 Å². The van der Waals surface area contributed by atoms with Crippen molar-refractivity contribution in [3.05, 3.63) is 28.2 Å². The molecule has 104 valence electrons. The molecule has 1 aliphatic carbocycles. The molecule has 1 amide bonds. The van der Waals surface area contributed by atoms with E-state index in [2.05, 4.69) is 21.2 Å². The average molecular weight is 328 g/mol. The van der Waals surface area contributed by atoms with Gasteiger partial charge in [-0.1, -0.05) is 22.4 Å². The van der Waals surface area contributed by atoms with Gasteiger partial charge in [0.25, 0.3) is 5.91 Å². The zero-order valence-electron chi connectivity index (χ0n) is 10.9. The maximum Gasteiger partial charge on any atom is 0.255 e. The van der Waals surface area contributed by atoms with Crippen LogP contribution in [0.5, 0.6) is 5.75 Å². The van der Waals surface area contributed by atoms with Gasteiger partial charge in [0.15, 0.2) is 0 Å². The summed E-state index contributed by atoms with van der Waals surface area (Å²) in [4.78, 5) is 12.3. The molecule has 1 fully saturated rings. The van der Waals surface area contributed by atoms with Crippen LogP contribution >= 0.6 is 15.9 Å². The summed E-state index contributed by atoms with van der Waals surface area (Å²) >= 11 is 3.35. The smallest absolute Gasteiger partial charge is 0.255 e. The van der Waals surface area contributed by atoms with Crippen molar-refractivity contribution >= 4 is 21.8 Å². The first-order chi connectivity index (χ1) is 9.15. The predicted molar refractivity (Wildman–Crippen MR) is 76.4 cm³/mol. The Labute approximate surface area is 121 Å². The van der Waals surface area contributed by atoms with E-state index in [1.54, 1.807) is 19.2 Å². The first-order valence-electron chi connectivity index (χ1n) is 6.41. The molecule has 2 unspecified atom stereocenters. The molecule has 0 bridgehead atoms. The lowest BCUT2D eigenvalue weighted by atomic mass is 10.0. The van der Waals surface area contributed by atoms with E-state index >= 15 is 0 Å². The van der Waals surface area contributed by atoms with Crippen molar-refractivity contribution in [1.29, 1.82) is 0 Å². The third kappa shape index (κ3) is 3.28. The molecular formula is C14H18BrNO3. The third-order valence-electron chi connectivity index (χ3n) is 3.62. The highest BCUT2D eigenvalue weighted by Gasteiger charge is 2.28. The molecular weight excluding hydrogens is 310 g/mol. The highest BCUT2D eigenvalue weighted by Crippen LogP contribution is 2.27. The number of methoxy groups -OCH3 is 1. The fourth-order valence-electron chi connectivity index (χ4n) is 2.54. The van der Waals surface area contributed by atoms with E-state index in [1.165, 1.54) is 0 Å². The molecule has 19 heavy (non-hydrogen) atoms. The van der Waals surface area contributed by atoms with E-state index in [4.69, 9.17) is 4.74 Å². The van der Waals surface area contributed by atoms with E-state index in [9.17, 15) is 9.90 Å². The summed E-state index contributed by atoms with van der Waals surface area (Å²) in [6.45, 7) is 0.127. The van der Waals surface area contributed by atoms with Crippen molar-refractivity contribution in [2.75, 3.05) is 13.7 Å². The van der Waals surface area contributed by atoms with Gasteiger partial charge in [0.1, 0.15) is 5.75 Å². The Morgan fingerprint density at radius 1 is 1.53 bits per heavy atom. The van der Waals surface area contributed by atoms with Crippen molar-refractivity contribution in [2.24, 2.45) is 5.92 Å². The number of ether oxygens (including phenoxy) is 1. The van der Waals surface area contributed by atoms with Crippen LogP contribution in [0.4, 0.5) is 0 Å². The lowest BCUT2D eigenvalue weighted by Gasteiger charge is -2.19. The van der Waals surface area contributed by atoms with Crippen LogP contribution in [0, 0.1) is 5.92 Å². The van der Waals surface area contributed by atoms with Gasteiger partial charge in [-0.15, -0.1) is 0 Å². The average Bonchev–Trinajstić information content (AvgIpc) is 2.85. The maximum absolute atomic E-state index is 12.3. The molecule has 0 saturated heterocycles. The van der Waals surface area contributed by atoms with Gasteiger partial charge in [-0.05, 0) is 31.0 Å². The van der Waals surface area contributed by atoms with Crippen LogP contribution < -0.4 is 10.1 Å². The number of hydrogen-bond donors (Lipinski definition) is 2. The Kier molecular flexibility index (Phi) is 4.82. The predicted octanol–water partition coefficient (Wildman–Crippen LogP) is 2.35. The van der Waals surface area contributed by atoms with E-state index in [1.807, 2.05) is 6.07 Å². The van der Waals surface area contributed by atoms with E-state index in [-0.39, 0.29) is 24.5 Å². The fraction of sp³-hybridized carbons (Fsp3) is 0.500. The second-order valence-electron chi connectivity index (χ2n) is 4.80. The first-order valence-corrected chi connectivity index (χ1v) is 7.20. The van der Waals surface area contributed by atoms with Crippen molar-refractivity contribution in [3.63, 3.8) is 0 Å². The second kappa shape index (κ2) is 6.39. The van der Waals surface area contributed by atoms with Crippen molar-refractivity contribution in [1.82, 2.24) is 5.32 Å². The Hall–Kier alpha value is -1.07. The molecule has 0 radical (unpaired) electrons. The summed E-state index contributed by atoms with van der Waals surface area (Å²) < 4.78 is 6.10. The number of aliphatic hydroxyl groups excluding tert-OH is 1. The summed E-state index contributed by atoms with van der Waals surface area (Å²) in [5.74, 6) is 0.575. The van der Waals surface area contributed by atoms with Crippen LogP contribution in [-0.2, 0) is 0 Å². The van der Waals surface area contributed by atoms with Gasteiger partial charge in [0.2, 0.25) is 0 Å². The Morgan fingerprint density at radius 3 is 3.00 bits per heavy atom. The van der Waals surface area contributed by atoms with Gasteiger partial charge in [0, 0.05) is 23.0 Å². The molecule has 2 N–H and O–H groups in total. The van der Waals surface area contributed by atoms with Crippen molar-refractivity contribution < 1.29 is 14.6 Å². The molecule has 2 atom stereocenters. The number of carbonyl (C=O) groups excluding carboxylic acids is 1. The van der Waals surface area contributed by atoms with E-state index in [0.29, 0.717) is 11.3 Å². The largest absolute Gasteiger partial charge is 0.496 e. The molecule has 0 heterocycles. The van der Waals surface area contributed by atoms with Gasteiger partial charge in [-0.3, -0.25) is 4.79 Å². The highest BCUT2D eigenvalue weighted by atomic mass is 79.9. The van der Waals surface area contributed by atoms with Crippen molar-refractivity contribution in [2.45, 2.75) is 25.3 Å². The molecule has 0 aromatic heterocycles. The normalized spacial score (nSPS) is 22.3. The van der Waals surface area contributed by atoms with Crippen molar-refractivity contribution in [3.8, 4) is 5.75 Å². The number of halogens is 1. The van der Waals surface area contributed by atoms with E-state index < -0.39 is 0 Å². The molecule has 0 aliphatic heterocycles. The van der Waals surface area contributed by atoms with Crippen LogP contribution in [-0.4, -0.2) is 30.8 Å². The molecule has 1 aliphatic rings. The number of amides is 1. The van der Waals surface area contributed by atoms with E-state index in [0.717, 1.165) is 23.7 Å². The summed E-state index contributed by atoms with van der Waals surface area (Å²) in [5, 5.41) is 12.3. The van der Waals surface area contributed by atoms with Gasteiger partial charge < -0.3 is 15.2 Å². The number of benzene rings is 1. The number of hydrogen-bond acceptors (Lipinski definition) is 3. The highest BCUT2D eigenvalue weighted by molar-refractivity contribution is 9.10. The molecule has 0 spiro atoms. The topological polar surface area (TPSA) is 58.6 Å². The van der Waals surface area contributed by atoms with Gasteiger partial charge >= 0.3 is 0 Å². The molecule has 1 saturated carbocycles. The lowest BCUT2D eigenvalue weighted by molar-refractivity contribution is 0.0913. The van der Waals surface area contributed by atoms with Crippen LogP contribution in [0.15, 0.2) is 22.7 Å². The summed E-state index contributed by atoms with van der Waals surface area (Å²) in [5.41, 5.74) is 0.522. The fourth-order valence-corrected chi connectivity index (χ4v) is 2.88. The molecule has 1 aromatic carbocycles. The minimum atomic E-state index is -0.144. The van der Waals surface area contributed by atoms with Crippen LogP contribution in [0.1, 0.15) is 29.6 Å². The summed E-state index contributed by atoms with van der Waals surface area (Å²) in [6, 6.07) is 5.38. The standard InChI is InChI=1S/C14H18BrNO3/c1-19-13-7-10(15)5-6-11(13)14(18)16-12-4-2-3-9(12)8-17/h5-7,9,12,17H,2-4,8H2,1H3,(H,16,18). The number of nitrogens with one attached hydrogen (secondary N) is 1.